The lowest BCUT2D eigenvalue weighted by Crippen LogP contribution is -2.26. The Morgan fingerprint density at radius 3 is 2.86 bits per heavy atom. The first-order valence-corrected chi connectivity index (χ1v) is 8.24. The Kier molecular flexibility index (Phi) is 5.35. The van der Waals surface area contributed by atoms with Crippen molar-refractivity contribution in [1.29, 1.82) is 0 Å². The van der Waals surface area contributed by atoms with E-state index in [0.29, 0.717) is 25.1 Å². The van der Waals surface area contributed by atoms with Crippen molar-refractivity contribution in [2.45, 2.75) is 24.5 Å². The van der Waals surface area contributed by atoms with Crippen molar-refractivity contribution in [2.75, 3.05) is 6.54 Å². The predicted molar refractivity (Wildman–Crippen MR) is 79.4 cm³/mol. The average molecular weight is 330 g/mol. The van der Waals surface area contributed by atoms with Crippen molar-refractivity contribution in [2.24, 2.45) is 0 Å². The molecule has 0 aliphatic carbocycles. The van der Waals surface area contributed by atoms with Crippen LogP contribution >= 0.6 is 11.6 Å². The maximum Gasteiger partial charge on any atom is 0.242 e. The highest BCUT2D eigenvalue weighted by Gasteiger charge is 2.17. The summed E-state index contributed by atoms with van der Waals surface area (Å²) in [5.41, 5.74) is 0.498. The molecule has 2 N–H and O–H groups in total. The number of aryl methyl sites for hydroxylation is 1. The molecule has 6 nitrogen and oxygen atoms in total. The molecular formula is C13H16ClN3O3S. The number of hydrogen-bond acceptors (Lipinski definition) is 4. The largest absolute Gasteiger partial charge is 0.392 e. The fourth-order valence-corrected chi connectivity index (χ4v) is 3.44. The van der Waals surface area contributed by atoms with Gasteiger partial charge in [0, 0.05) is 25.5 Å². The zero-order valence-corrected chi connectivity index (χ0v) is 12.8. The van der Waals surface area contributed by atoms with Gasteiger partial charge in [-0.15, -0.1) is 0 Å². The third-order valence-corrected chi connectivity index (χ3v) is 4.85. The number of hydrogen-bond donors (Lipinski definition) is 2. The number of halogens is 1. The van der Waals surface area contributed by atoms with Crippen LogP contribution in [0.5, 0.6) is 0 Å². The van der Waals surface area contributed by atoms with Crippen molar-refractivity contribution in [3.05, 3.63) is 47.5 Å². The van der Waals surface area contributed by atoms with Crippen LogP contribution in [0.4, 0.5) is 0 Å². The van der Waals surface area contributed by atoms with Crippen LogP contribution in [0.25, 0.3) is 0 Å². The third-order valence-electron chi connectivity index (χ3n) is 2.91. The lowest BCUT2D eigenvalue weighted by molar-refractivity contribution is 0.281. The van der Waals surface area contributed by atoms with Crippen LogP contribution in [0.3, 0.4) is 0 Å². The van der Waals surface area contributed by atoms with Crippen LogP contribution in [0, 0.1) is 0 Å². The minimum Gasteiger partial charge on any atom is -0.392 e. The highest BCUT2D eigenvalue weighted by atomic mass is 35.5. The standard InChI is InChI=1S/C13H16ClN3O3S/c14-12-3-2-11(9-18)8-13(12)21(19,20)16-4-1-6-17-7-5-15-10-17/h2-3,5,7-8,10,16,18H,1,4,6,9H2. The SMILES string of the molecule is O=S(=O)(NCCCn1ccnc1)c1cc(CO)ccc1Cl. The molecule has 0 amide bonds. The predicted octanol–water partition coefficient (Wildman–Crippen LogP) is 1.40. The molecule has 0 aliphatic rings. The molecule has 0 saturated heterocycles. The first-order chi connectivity index (χ1) is 10.0. The van der Waals surface area contributed by atoms with Gasteiger partial charge >= 0.3 is 0 Å². The smallest absolute Gasteiger partial charge is 0.242 e. The van der Waals surface area contributed by atoms with E-state index in [9.17, 15) is 8.42 Å². The van der Waals surface area contributed by atoms with Gasteiger partial charge in [0.2, 0.25) is 10.0 Å². The minimum absolute atomic E-state index is 0.0154. The summed E-state index contributed by atoms with van der Waals surface area (Å²) in [4.78, 5) is 3.90. The monoisotopic (exact) mass is 329 g/mol. The van der Waals surface area contributed by atoms with E-state index in [1.54, 1.807) is 18.6 Å². The zero-order valence-electron chi connectivity index (χ0n) is 11.2. The van der Waals surface area contributed by atoms with E-state index in [4.69, 9.17) is 16.7 Å². The molecule has 1 heterocycles. The fraction of sp³-hybridized carbons (Fsp3) is 0.308. The van der Waals surface area contributed by atoms with Gasteiger partial charge in [-0.2, -0.15) is 0 Å². The molecule has 0 spiro atoms. The van der Waals surface area contributed by atoms with Crippen molar-refractivity contribution >= 4 is 21.6 Å². The van der Waals surface area contributed by atoms with Gasteiger partial charge in [0.1, 0.15) is 4.90 Å². The maximum absolute atomic E-state index is 12.2. The van der Waals surface area contributed by atoms with Gasteiger partial charge in [-0.3, -0.25) is 0 Å². The molecule has 0 aliphatic heterocycles. The van der Waals surface area contributed by atoms with Crippen LogP contribution in [-0.4, -0.2) is 29.6 Å². The van der Waals surface area contributed by atoms with Crippen LogP contribution < -0.4 is 4.72 Å². The van der Waals surface area contributed by atoms with Gasteiger partial charge in [-0.25, -0.2) is 18.1 Å². The Morgan fingerprint density at radius 1 is 1.38 bits per heavy atom. The van der Waals surface area contributed by atoms with Gasteiger partial charge < -0.3 is 9.67 Å². The average Bonchev–Trinajstić information content (AvgIpc) is 2.97. The Hall–Kier alpha value is -1.41. The van der Waals surface area contributed by atoms with Crippen molar-refractivity contribution < 1.29 is 13.5 Å². The van der Waals surface area contributed by atoms with Crippen molar-refractivity contribution in [3.8, 4) is 0 Å². The molecule has 0 atom stereocenters. The second-order valence-electron chi connectivity index (χ2n) is 4.47. The van der Waals surface area contributed by atoms with Crippen molar-refractivity contribution in [3.63, 3.8) is 0 Å². The lowest BCUT2D eigenvalue weighted by Gasteiger charge is -2.09. The topological polar surface area (TPSA) is 84.2 Å². The van der Waals surface area contributed by atoms with Gasteiger partial charge in [0.05, 0.1) is 18.0 Å². The van der Waals surface area contributed by atoms with E-state index < -0.39 is 10.0 Å². The van der Waals surface area contributed by atoms with Gasteiger partial charge in [0.25, 0.3) is 0 Å². The first kappa shape index (κ1) is 16.0. The molecule has 0 bridgehead atoms. The number of imidazole rings is 1. The Labute approximate surface area is 128 Å². The molecular weight excluding hydrogens is 314 g/mol. The molecule has 2 aromatic rings. The van der Waals surface area contributed by atoms with E-state index in [1.807, 2.05) is 10.8 Å². The molecule has 21 heavy (non-hydrogen) atoms. The molecule has 1 aromatic heterocycles. The summed E-state index contributed by atoms with van der Waals surface area (Å²) < 4.78 is 28.7. The molecule has 0 saturated carbocycles. The summed E-state index contributed by atoms with van der Waals surface area (Å²) in [7, 11) is -3.68. The normalized spacial score (nSPS) is 11.7. The minimum atomic E-state index is -3.68. The van der Waals surface area contributed by atoms with Crippen LogP contribution in [0.15, 0.2) is 41.8 Å². The van der Waals surface area contributed by atoms with E-state index >= 15 is 0 Å². The number of aliphatic hydroxyl groups is 1. The van der Waals surface area contributed by atoms with E-state index in [-0.39, 0.29) is 16.5 Å². The highest BCUT2D eigenvalue weighted by molar-refractivity contribution is 7.89. The van der Waals surface area contributed by atoms with Gasteiger partial charge in [0.15, 0.2) is 0 Å². The van der Waals surface area contributed by atoms with E-state index in [0.717, 1.165) is 0 Å². The first-order valence-electron chi connectivity index (χ1n) is 6.37. The van der Waals surface area contributed by atoms with Gasteiger partial charge in [-0.1, -0.05) is 17.7 Å². The fourth-order valence-electron chi connectivity index (χ4n) is 1.82. The summed E-state index contributed by atoms with van der Waals surface area (Å²) in [6, 6.07) is 4.42. The maximum atomic E-state index is 12.2. The number of rotatable bonds is 7. The number of sulfonamides is 1. The third kappa shape index (κ3) is 4.28. The molecule has 2 rings (SSSR count). The highest BCUT2D eigenvalue weighted by Crippen LogP contribution is 2.22. The summed E-state index contributed by atoms with van der Waals surface area (Å²) in [5.74, 6) is 0. The molecule has 0 fully saturated rings. The Balaban J connectivity index is 1.98. The van der Waals surface area contributed by atoms with Gasteiger partial charge in [-0.05, 0) is 24.1 Å². The Morgan fingerprint density at radius 2 is 2.19 bits per heavy atom. The second kappa shape index (κ2) is 7.04. The zero-order chi connectivity index (χ0) is 15.3. The summed E-state index contributed by atoms with van der Waals surface area (Å²) in [6.07, 6.45) is 5.80. The summed E-state index contributed by atoms with van der Waals surface area (Å²) in [5, 5.41) is 9.21. The summed E-state index contributed by atoms with van der Waals surface area (Å²) >= 11 is 5.92. The second-order valence-corrected chi connectivity index (χ2v) is 6.62. The number of benzene rings is 1. The number of nitrogens with one attached hydrogen (secondary N) is 1. The van der Waals surface area contributed by atoms with E-state index in [2.05, 4.69) is 9.71 Å². The van der Waals surface area contributed by atoms with E-state index in [1.165, 1.54) is 12.1 Å². The number of aliphatic hydroxyl groups excluding tert-OH is 1. The molecule has 0 unspecified atom stereocenters. The quantitative estimate of drug-likeness (QED) is 0.752. The Bertz CT molecular complexity index is 687. The van der Waals surface area contributed by atoms with Crippen LogP contribution in [0.2, 0.25) is 5.02 Å². The van der Waals surface area contributed by atoms with Crippen molar-refractivity contribution in [1.82, 2.24) is 14.3 Å². The lowest BCUT2D eigenvalue weighted by atomic mass is 10.2. The molecule has 8 heteroatoms. The van der Waals surface area contributed by atoms with Crippen LogP contribution in [0.1, 0.15) is 12.0 Å². The molecule has 114 valence electrons. The summed E-state index contributed by atoms with van der Waals surface area (Å²) in [6.45, 7) is 0.730. The number of nitrogens with zero attached hydrogens (tertiary/aromatic N) is 2. The van der Waals surface area contributed by atoms with Crippen LogP contribution in [-0.2, 0) is 23.2 Å². The molecule has 0 radical (unpaired) electrons. The number of aromatic nitrogens is 2. The molecule has 1 aromatic carbocycles.